The third kappa shape index (κ3) is 5.10. The van der Waals surface area contributed by atoms with Crippen LogP contribution in [0.4, 0.5) is 4.79 Å². The number of hydrogen-bond donors (Lipinski definition) is 3. The molecule has 1 aromatic carbocycles. The van der Waals surface area contributed by atoms with E-state index in [0.29, 0.717) is 11.5 Å². The van der Waals surface area contributed by atoms with Crippen LogP contribution in [0.15, 0.2) is 30.3 Å². The van der Waals surface area contributed by atoms with Crippen LogP contribution in [0.2, 0.25) is 0 Å². The van der Waals surface area contributed by atoms with E-state index in [1.165, 1.54) is 0 Å². The Labute approximate surface area is 125 Å². The number of urea groups is 1. The number of benzene rings is 1. The maximum absolute atomic E-state index is 12.0. The average Bonchev–Trinajstić information content (AvgIpc) is 2.46. The molecule has 1 aromatic rings. The van der Waals surface area contributed by atoms with Crippen LogP contribution >= 0.6 is 0 Å². The third-order valence-electron chi connectivity index (χ3n) is 3.77. The van der Waals surface area contributed by atoms with E-state index in [1.807, 2.05) is 6.92 Å². The molecule has 21 heavy (non-hydrogen) atoms. The van der Waals surface area contributed by atoms with Crippen LogP contribution in [-0.2, 0) is 4.79 Å². The molecule has 0 aromatic heterocycles. The van der Waals surface area contributed by atoms with Gasteiger partial charge < -0.3 is 15.7 Å². The van der Waals surface area contributed by atoms with Crippen LogP contribution in [0.5, 0.6) is 0 Å². The van der Waals surface area contributed by atoms with Gasteiger partial charge in [0.1, 0.15) is 0 Å². The number of carbonyl (C=O) groups is 2. The molecule has 1 rings (SSSR count). The first-order valence-corrected chi connectivity index (χ1v) is 7.34. The molecule has 0 aliphatic carbocycles. The number of carbonyl (C=O) groups excluding carboxylic acids is 1. The fourth-order valence-corrected chi connectivity index (χ4v) is 2.43. The molecule has 2 atom stereocenters. The first kappa shape index (κ1) is 17.0. The highest BCUT2D eigenvalue weighted by Crippen LogP contribution is 2.14. The van der Waals surface area contributed by atoms with Gasteiger partial charge in [-0.1, -0.05) is 57.0 Å². The lowest BCUT2D eigenvalue weighted by Gasteiger charge is -2.24. The van der Waals surface area contributed by atoms with Gasteiger partial charge in [-0.3, -0.25) is 0 Å². The molecule has 0 radical (unpaired) electrons. The summed E-state index contributed by atoms with van der Waals surface area (Å²) in [5.74, 6) is -0.692. The van der Waals surface area contributed by atoms with Gasteiger partial charge in [0, 0.05) is 6.04 Å². The lowest BCUT2D eigenvalue weighted by atomic mass is 9.96. The molecule has 0 aliphatic heterocycles. The predicted molar refractivity (Wildman–Crippen MR) is 82.0 cm³/mol. The molecule has 0 saturated heterocycles. The van der Waals surface area contributed by atoms with Crippen molar-refractivity contribution in [2.24, 2.45) is 5.92 Å². The number of carboxylic acids is 1. The Kier molecular flexibility index (Phi) is 6.72. The summed E-state index contributed by atoms with van der Waals surface area (Å²) in [5, 5.41) is 14.6. The zero-order chi connectivity index (χ0) is 15.8. The number of nitrogens with one attached hydrogen (secondary N) is 2. The molecule has 0 spiro atoms. The summed E-state index contributed by atoms with van der Waals surface area (Å²) in [5.41, 5.74) is 0.551. The van der Waals surface area contributed by atoms with Gasteiger partial charge in [0.25, 0.3) is 0 Å². The molecule has 0 heterocycles. The van der Waals surface area contributed by atoms with E-state index in [0.717, 1.165) is 12.8 Å². The number of carboxylic acid groups (broad SMARTS) is 1. The normalized spacial score (nSPS) is 13.5. The van der Waals surface area contributed by atoms with E-state index in [-0.39, 0.29) is 6.04 Å². The topological polar surface area (TPSA) is 78.4 Å². The smallest absolute Gasteiger partial charge is 0.330 e. The van der Waals surface area contributed by atoms with Crippen molar-refractivity contribution in [1.82, 2.24) is 10.6 Å². The molecule has 0 saturated carbocycles. The summed E-state index contributed by atoms with van der Waals surface area (Å²) < 4.78 is 0. The first-order valence-electron chi connectivity index (χ1n) is 7.34. The van der Waals surface area contributed by atoms with Gasteiger partial charge in [0.15, 0.2) is 6.04 Å². The highest BCUT2D eigenvalue weighted by Gasteiger charge is 2.23. The van der Waals surface area contributed by atoms with E-state index in [9.17, 15) is 14.7 Å². The van der Waals surface area contributed by atoms with Crippen LogP contribution in [0.1, 0.15) is 45.2 Å². The molecule has 1 unspecified atom stereocenters. The molecule has 0 bridgehead atoms. The van der Waals surface area contributed by atoms with Gasteiger partial charge in [0.2, 0.25) is 0 Å². The lowest BCUT2D eigenvalue weighted by Crippen LogP contribution is -2.46. The van der Waals surface area contributed by atoms with Crippen molar-refractivity contribution < 1.29 is 14.7 Å². The SMILES string of the molecule is CCC(CC)C(C)NC(=O)N[C@H](C(=O)O)c1ccccc1. The number of aliphatic carboxylic acids is 1. The summed E-state index contributed by atoms with van der Waals surface area (Å²) in [7, 11) is 0. The minimum Gasteiger partial charge on any atom is -0.479 e. The predicted octanol–water partition coefficient (Wildman–Crippen LogP) is 2.94. The lowest BCUT2D eigenvalue weighted by molar-refractivity contribution is -0.139. The number of rotatable bonds is 7. The van der Waals surface area contributed by atoms with Crippen LogP contribution in [0.3, 0.4) is 0 Å². The number of hydrogen-bond acceptors (Lipinski definition) is 2. The van der Waals surface area contributed by atoms with Gasteiger partial charge in [0.05, 0.1) is 0 Å². The Morgan fingerprint density at radius 3 is 2.14 bits per heavy atom. The second kappa shape index (κ2) is 8.29. The minimum absolute atomic E-state index is 0.00483. The zero-order valence-corrected chi connectivity index (χ0v) is 12.8. The summed E-state index contributed by atoms with van der Waals surface area (Å²) >= 11 is 0. The van der Waals surface area contributed by atoms with Gasteiger partial charge in [-0.05, 0) is 18.4 Å². The van der Waals surface area contributed by atoms with Crippen molar-refractivity contribution in [3.63, 3.8) is 0 Å². The standard InChI is InChI=1S/C16H24N2O3/c1-4-12(5-2)11(3)17-16(21)18-14(15(19)20)13-9-7-6-8-10-13/h6-12,14H,4-5H2,1-3H3,(H,19,20)(H2,17,18,21)/t11?,14-/m0/s1. The van der Waals surface area contributed by atoms with Crippen LogP contribution in [0.25, 0.3) is 0 Å². The third-order valence-corrected chi connectivity index (χ3v) is 3.77. The average molecular weight is 292 g/mol. The quantitative estimate of drug-likeness (QED) is 0.723. The Balaban J connectivity index is 2.68. The fraction of sp³-hybridized carbons (Fsp3) is 0.500. The van der Waals surface area contributed by atoms with Crippen LogP contribution in [-0.4, -0.2) is 23.1 Å². The van der Waals surface area contributed by atoms with E-state index < -0.39 is 18.0 Å². The molecule has 5 heteroatoms. The summed E-state index contributed by atoms with van der Waals surface area (Å²) in [6, 6.07) is 7.18. The first-order chi connectivity index (χ1) is 9.99. The summed E-state index contributed by atoms with van der Waals surface area (Å²) in [4.78, 5) is 23.3. The van der Waals surface area contributed by atoms with Crippen molar-refractivity contribution in [3.8, 4) is 0 Å². The summed E-state index contributed by atoms with van der Waals surface area (Å²) in [6.07, 6.45) is 1.94. The number of amides is 2. The fourth-order valence-electron chi connectivity index (χ4n) is 2.43. The largest absolute Gasteiger partial charge is 0.479 e. The Morgan fingerprint density at radius 1 is 1.10 bits per heavy atom. The van der Waals surface area contributed by atoms with E-state index in [2.05, 4.69) is 24.5 Å². The van der Waals surface area contributed by atoms with E-state index in [4.69, 9.17) is 0 Å². The van der Waals surface area contributed by atoms with Gasteiger partial charge in [-0.25, -0.2) is 9.59 Å². The Hall–Kier alpha value is -2.04. The van der Waals surface area contributed by atoms with Crippen LogP contribution in [0, 0.1) is 5.92 Å². The molecule has 0 fully saturated rings. The van der Waals surface area contributed by atoms with Crippen molar-refractivity contribution in [2.75, 3.05) is 0 Å². The van der Waals surface area contributed by atoms with E-state index >= 15 is 0 Å². The molecule has 116 valence electrons. The van der Waals surface area contributed by atoms with E-state index in [1.54, 1.807) is 30.3 Å². The van der Waals surface area contributed by atoms with Crippen molar-refractivity contribution in [1.29, 1.82) is 0 Å². The zero-order valence-electron chi connectivity index (χ0n) is 12.8. The van der Waals surface area contributed by atoms with Gasteiger partial charge >= 0.3 is 12.0 Å². The second-order valence-electron chi connectivity index (χ2n) is 5.16. The highest BCUT2D eigenvalue weighted by atomic mass is 16.4. The molecule has 5 nitrogen and oxygen atoms in total. The van der Waals surface area contributed by atoms with Crippen molar-refractivity contribution in [3.05, 3.63) is 35.9 Å². The highest BCUT2D eigenvalue weighted by molar-refractivity contribution is 5.83. The maximum Gasteiger partial charge on any atom is 0.330 e. The monoisotopic (exact) mass is 292 g/mol. The summed E-state index contributed by atoms with van der Waals surface area (Å²) in [6.45, 7) is 6.10. The second-order valence-corrected chi connectivity index (χ2v) is 5.16. The van der Waals surface area contributed by atoms with Gasteiger partial charge in [-0.15, -0.1) is 0 Å². The minimum atomic E-state index is -1.08. The maximum atomic E-state index is 12.0. The molecule has 2 amide bonds. The molecule has 3 N–H and O–H groups in total. The van der Waals surface area contributed by atoms with Gasteiger partial charge in [-0.2, -0.15) is 0 Å². The molecular weight excluding hydrogens is 268 g/mol. The Bertz CT molecular complexity index is 458. The Morgan fingerprint density at radius 2 is 1.67 bits per heavy atom. The van der Waals surface area contributed by atoms with Crippen molar-refractivity contribution in [2.45, 2.75) is 45.7 Å². The molecule has 0 aliphatic rings. The molecular formula is C16H24N2O3. The van der Waals surface area contributed by atoms with Crippen molar-refractivity contribution >= 4 is 12.0 Å². The van der Waals surface area contributed by atoms with Crippen LogP contribution < -0.4 is 10.6 Å².